The van der Waals surface area contributed by atoms with Gasteiger partial charge in [-0.05, 0) is 19.4 Å². The average Bonchev–Trinajstić information content (AvgIpc) is 2.46. The second-order valence-electron chi connectivity index (χ2n) is 3.11. The number of hydrogen-bond donors (Lipinski definition) is 0. The topological polar surface area (TPSA) is 35.4 Å². The molecule has 1 aromatic rings. The molecular weight excluding hydrogens is 164 g/mol. The van der Waals surface area contributed by atoms with Gasteiger partial charge in [0.2, 0.25) is 0 Å². The van der Waals surface area contributed by atoms with Crippen LogP contribution in [0, 0.1) is 12.1 Å². The van der Waals surface area contributed by atoms with E-state index in [9.17, 15) is 5.21 Å². The minimum absolute atomic E-state index is 0.459. The lowest BCUT2D eigenvalue weighted by atomic mass is 10.2. The van der Waals surface area contributed by atoms with Crippen LogP contribution in [0.3, 0.4) is 0 Å². The fourth-order valence-electron chi connectivity index (χ4n) is 1.52. The van der Waals surface area contributed by atoms with Crippen molar-refractivity contribution in [1.82, 2.24) is 4.65 Å². The van der Waals surface area contributed by atoms with Crippen LogP contribution in [0.5, 0.6) is 0 Å². The molecule has 3 heteroatoms. The lowest BCUT2D eigenvalue weighted by Crippen LogP contribution is -2.40. The first-order chi connectivity index (χ1) is 6.26. The maximum absolute atomic E-state index is 12.1. The summed E-state index contributed by atoms with van der Waals surface area (Å²) in [6.45, 7) is 4.15. The van der Waals surface area contributed by atoms with Crippen LogP contribution in [0.4, 0.5) is 11.4 Å². The van der Waals surface area contributed by atoms with Crippen LogP contribution in [0.25, 0.3) is 0 Å². The molecule has 1 aliphatic heterocycles. The molecule has 1 radical (unpaired) electrons. The van der Waals surface area contributed by atoms with E-state index in [2.05, 4.69) is 11.9 Å². The van der Waals surface area contributed by atoms with Gasteiger partial charge in [-0.3, -0.25) is 4.65 Å². The summed E-state index contributed by atoms with van der Waals surface area (Å²) in [6.07, 6.45) is 2.06. The van der Waals surface area contributed by atoms with E-state index in [-0.39, 0.29) is 0 Å². The molecular formula is C10H11N2O. The maximum atomic E-state index is 12.1. The van der Waals surface area contributed by atoms with E-state index < -0.39 is 4.65 Å². The highest BCUT2D eigenvalue weighted by Gasteiger charge is 2.26. The highest BCUT2D eigenvalue weighted by molar-refractivity contribution is 5.89. The van der Waals surface area contributed by atoms with Crippen LogP contribution in [0.2, 0.25) is 0 Å². The van der Waals surface area contributed by atoms with E-state index in [0.717, 1.165) is 11.4 Å². The Hall–Kier alpha value is -1.19. The number of aliphatic imine (C=N–C) groups is 1. The molecule has 1 aliphatic rings. The van der Waals surface area contributed by atoms with Gasteiger partial charge in [0.25, 0.3) is 0 Å². The molecule has 0 aliphatic carbocycles. The molecule has 0 fully saturated rings. The number of hydroxylamine groups is 2. The predicted molar refractivity (Wildman–Crippen MR) is 54.6 cm³/mol. The van der Waals surface area contributed by atoms with Crippen LogP contribution in [0.15, 0.2) is 29.3 Å². The number of fused-ring (bicyclic) bond motifs is 1. The largest absolute Gasteiger partial charge is 0.621 e. The van der Waals surface area contributed by atoms with Gasteiger partial charge in [0.05, 0.1) is 6.54 Å². The third kappa shape index (κ3) is 1.26. The predicted octanol–water partition coefficient (Wildman–Crippen LogP) is 2.39. The van der Waals surface area contributed by atoms with Crippen LogP contribution < -0.4 is 4.65 Å². The molecule has 0 N–H and O–H groups in total. The summed E-state index contributed by atoms with van der Waals surface area (Å²) in [6, 6.07) is 7.43. The molecule has 13 heavy (non-hydrogen) atoms. The summed E-state index contributed by atoms with van der Waals surface area (Å²) < 4.78 is -0.459. The Balaban J connectivity index is 2.42. The zero-order chi connectivity index (χ0) is 9.31. The lowest BCUT2D eigenvalue weighted by Gasteiger charge is -2.33. The highest BCUT2D eigenvalue weighted by atomic mass is 16.5. The summed E-state index contributed by atoms with van der Waals surface area (Å²) >= 11 is 0. The van der Waals surface area contributed by atoms with E-state index >= 15 is 0 Å². The van der Waals surface area contributed by atoms with Crippen LogP contribution in [0.1, 0.15) is 6.42 Å². The molecule has 0 saturated carbocycles. The number of quaternary nitrogens is 1. The van der Waals surface area contributed by atoms with Crippen LogP contribution in [-0.4, -0.2) is 12.9 Å². The third-order valence-corrected chi connectivity index (χ3v) is 2.16. The molecule has 0 amide bonds. The first-order valence-corrected chi connectivity index (χ1v) is 4.29. The smallest absolute Gasteiger partial charge is 0.195 e. The second kappa shape index (κ2) is 2.94. The van der Waals surface area contributed by atoms with Gasteiger partial charge in [0, 0.05) is 6.07 Å². The van der Waals surface area contributed by atoms with Crippen molar-refractivity contribution in [2.24, 2.45) is 4.99 Å². The van der Waals surface area contributed by atoms with Crippen molar-refractivity contribution in [3.8, 4) is 0 Å². The summed E-state index contributed by atoms with van der Waals surface area (Å²) in [7, 11) is 0. The highest BCUT2D eigenvalue weighted by Crippen LogP contribution is 2.36. The zero-order valence-electron chi connectivity index (χ0n) is 7.31. The molecule has 0 spiro atoms. The quantitative estimate of drug-likeness (QED) is 0.502. The van der Waals surface area contributed by atoms with Crippen molar-refractivity contribution in [3.63, 3.8) is 0 Å². The minimum Gasteiger partial charge on any atom is -0.621 e. The Bertz CT molecular complexity index is 349. The zero-order valence-corrected chi connectivity index (χ0v) is 7.31. The number of para-hydroxylation sites is 2. The second-order valence-corrected chi connectivity index (χ2v) is 3.11. The van der Waals surface area contributed by atoms with E-state index in [1.165, 1.54) is 6.34 Å². The Labute approximate surface area is 77.5 Å². The van der Waals surface area contributed by atoms with Gasteiger partial charge in [-0.2, -0.15) is 4.99 Å². The van der Waals surface area contributed by atoms with Crippen molar-refractivity contribution in [3.05, 3.63) is 36.4 Å². The molecule has 1 heterocycles. The Kier molecular flexibility index (Phi) is 1.90. The van der Waals surface area contributed by atoms with Gasteiger partial charge < -0.3 is 5.21 Å². The molecule has 0 aromatic heterocycles. The molecule has 2 rings (SSSR count). The monoisotopic (exact) mass is 175 g/mol. The van der Waals surface area contributed by atoms with Gasteiger partial charge in [-0.1, -0.05) is 12.1 Å². The number of nitrogens with zero attached hydrogens (tertiary/aromatic N) is 2. The van der Waals surface area contributed by atoms with Gasteiger partial charge in [0.15, 0.2) is 12.0 Å². The third-order valence-electron chi connectivity index (χ3n) is 2.16. The normalized spacial score (nSPS) is 24.8. The molecule has 1 unspecified atom stereocenters. The van der Waals surface area contributed by atoms with E-state index in [0.29, 0.717) is 13.0 Å². The van der Waals surface area contributed by atoms with E-state index in [1.54, 1.807) is 0 Å². The fraction of sp³-hybridized carbons (Fsp3) is 0.200. The molecule has 0 saturated heterocycles. The van der Waals surface area contributed by atoms with E-state index in [4.69, 9.17) is 0 Å². The Morgan fingerprint density at radius 3 is 2.92 bits per heavy atom. The molecule has 1 atom stereocenters. The van der Waals surface area contributed by atoms with Crippen LogP contribution in [-0.2, 0) is 0 Å². The average molecular weight is 175 g/mol. The SMILES string of the molecule is [CH2]CC[N+]1([O-])C=Nc2ccccc21. The number of hydrogen-bond acceptors (Lipinski definition) is 2. The van der Waals surface area contributed by atoms with Crippen molar-refractivity contribution in [2.45, 2.75) is 6.42 Å². The van der Waals surface area contributed by atoms with Gasteiger partial charge in [-0.15, -0.1) is 0 Å². The minimum atomic E-state index is -0.459. The first-order valence-electron chi connectivity index (χ1n) is 4.29. The standard InChI is InChI=1S/C10H11N2O/c1-2-7-12(13)8-11-9-5-3-4-6-10(9)12/h3-6,8H,1-2,7H2. The van der Waals surface area contributed by atoms with Crippen molar-refractivity contribution >= 4 is 17.7 Å². The van der Waals surface area contributed by atoms with Gasteiger partial charge in [0.1, 0.15) is 5.69 Å². The molecule has 1 aromatic carbocycles. The fourth-order valence-corrected chi connectivity index (χ4v) is 1.52. The Morgan fingerprint density at radius 2 is 2.15 bits per heavy atom. The molecule has 67 valence electrons. The lowest BCUT2D eigenvalue weighted by molar-refractivity contribution is 0.570. The summed E-state index contributed by atoms with van der Waals surface area (Å²) in [5.74, 6) is 0. The van der Waals surface area contributed by atoms with E-state index in [1.807, 2.05) is 24.3 Å². The molecule has 0 bridgehead atoms. The maximum Gasteiger partial charge on any atom is 0.195 e. The summed E-state index contributed by atoms with van der Waals surface area (Å²) in [4.78, 5) is 4.08. The molecule has 3 nitrogen and oxygen atoms in total. The number of benzene rings is 1. The van der Waals surface area contributed by atoms with Crippen molar-refractivity contribution < 1.29 is 0 Å². The van der Waals surface area contributed by atoms with Gasteiger partial charge in [-0.25, -0.2) is 0 Å². The first kappa shape index (κ1) is 8.41. The summed E-state index contributed by atoms with van der Waals surface area (Å²) in [5.41, 5.74) is 1.51. The summed E-state index contributed by atoms with van der Waals surface area (Å²) in [5, 5.41) is 12.1. The van der Waals surface area contributed by atoms with Gasteiger partial charge >= 0.3 is 0 Å². The Morgan fingerprint density at radius 1 is 1.38 bits per heavy atom. The van der Waals surface area contributed by atoms with Crippen LogP contribution >= 0.6 is 0 Å². The number of rotatable bonds is 2. The van der Waals surface area contributed by atoms with Crippen molar-refractivity contribution in [1.29, 1.82) is 0 Å². The van der Waals surface area contributed by atoms with Crippen molar-refractivity contribution in [2.75, 3.05) is 6.54 Å².